The lowest BCUT2D eigenvalue weighted by Crippen LogP contribution is -2.42. The fourth-order valence-electron chi connectivity index (χ4n) is 7.79. The summed E-state index contributed by atoms with van der Waals surface area (Å²) in [7, 11) is 2.52. The summed E-state index contributed by atoms with van der Waals surface area (Å²) in [5.74, 6) is 1.91. The predicted molar refractivity (Wildman–Crippen MR) is 225 cm³/mol. The number of nitrogens with one attached hydrogen (secondary N) is 4. The number of carbonyl (C=O) groups excluding carboxylic acids is 4. The van der Waals surface area contributed by atoms with Crippen LogP contribution in [0.1, 0.15) is 55.5 Å². The van der Waals surface area contributed by atoms with Crippen molar-refractivity contribution in [1.82, 2.24) is 40.4 Å². The summed E-state index contributed by atoms with van der Waals surface area (Å²) in [5.41, 5.74) is 6.27. The summed E-state index contributed by atoms with van der Waals surface area (Å²) in [5, 5.41) is 7.30. The van der Waals surface area contributed by atoms with E-state index >= 15 is 0 Å². The maximum Gasteiger partial charge on any atom is 0.407 e. The summed E-state index contributed by atoms with van der Waals surface area (Å²) in [6.45, 7) is 3.25. The number of likely N-dealkylation sites (tertiary alicyclic amines) is 1. The molecule has 1 fully saturated rings. The lowest BCUT2D eigenvalue weighted by Gasteiger charge is -2.28. The molecule has 0 spiro atoms. The van der Waals surface area contributed by atoms with Crippen molar-refractivity contribution >= 4 is 34.8 Å². The molecular weight excluding hydrogens is 781 g/mol. The standard InChI is InChI=1S/C45H46N8O8/c1-4-17-52(40(54)24-48-44(56)58-2)25-39-46-22-35(49-39)32-14-13-30-19-29(11-12-31(30)20-32)27-7-9-28(10-8-27)34-23-47-42(50-34)36-6-5-18-53(36)43(55)41(51-45(57)59-3)33-15-16-37-38(21-33)61-26-60-37/h7-16,19-23,36,41H,4-6,17-18,24-26H2,1-3H3,(H,46,49)(H,47,50)(H,48,56)(H,51,57)/t36-,41+/m0/s1. The third-order valence-corrected chi connectivity index (χ3v) is 10.9. The number of alkyl carbamates (subject to hydrolysis) is 2. The van der Waals surface area contributed by atoms with Gasteiger partial charge in [-0.15, -0.1) is 0 Å². The van der Waals surface area contributed by atoms with E-state index in [4.69, 9.17) is 19.2 Å². The van der Waals surface area contributed by atoms with Gasteiger partial charge in [0.15, 0.2) is 11.5 Å². The minimum Gasteiger partial charge on any atom is -0.454 e. The molecule has 2 aliphatic rings. The first-order valence-electron chi connectivity index (χ1n) is 20.1. The molecule has 4 amide bonds. The van der Waals surface area contributed by atoms with Gasteiger partial charge < -0.3 is 49.3 Å². The largest absolute Gasteiger partial charge is 0.454 e. The number of carbonyl (C=O) groups is 4. The molecule has 0 saturated carbocycles. The number of fused-ring (bicyclic) bond motifs is 2. The van der Waals surface area contributed by atoms with E-state index in [-0.39, 0.29) is 37.7 Å². The molecule has 6 aromatic rings. The molecule has 16 nitrogen and oxygen atoms in total. The van der Waals surface area contributed by atoms with Gasteiger partial charge in [-0.05, 0) is 76.6 Å². The Balaban J connectivity index is 0.932. The van der Waals surface area contributed by atoms with Gasteiger partial charge in [-0.2, -0.15) is 0 Å². The summed E-state index contributed by atoms with van der Waals surface area (Å²) < 4.78 is 20.4. The Kier molecular flexibility index (Phi) is 11.8. The van der Waals surface area contributed by atoms with E-state index in [1.807, 2.05) is 25.1 Å². The van der Waals surface area contributed by atoms with Gasteiger partial charge in [0.25, 0.3) is 5.91 Å². The fraction of sp³-hybridized carbons (Fsp3) is 0.289. The van der Waals surface area contributed by atoms with Crippen LogP contribution >= 0.6 is 0 Å². The van der Waals surface area contributed by atoms with Gasteiger partial charge in [-0.25, -0.2) is 19.6 Å². The Morgan fingerprint density at radius 1 is 0.820 bits per heavy atom. The highest BCUT2D eigenvalue weighted by atomic mass is 16.7. The number of hydrogen-bond donors (Lipinski definition) is 4. The van der Waals surface area contributed by atoms with Crippen molar-refractivity contribution in [3.05, 3.63) is 108 Å². The van der Waals surface area contributed by atoms with Crippen LogP contribution in [-0.4, -0.2) is 94.4 Å². The number of H-pyrrole nitrogens is 2. The van der Waals surface area contributed by atoms with Crippen molar-refractivity contribution < 1.29 is 38.1 Å². The maximum absolute atomic E-state index is 14.1. The molecule has 0 radical (unpaired) electrons. The lowest BCUT2D eigenvalue weighted by atomic mass is 9.98. The second kappa shape index (κ2) is 17.9. The van der Waals surface area contributed by atoms with Crippen LogP contribution in [0.15, 0.2) is 91.3 Å². The average molecular weight is 827 g/mol. The summed E-state index contributed by atoms with van der Waals surface area (Å²) in [6, 6.07) is 24.7. The molecule has 8 rings (SSSR count). The molecule has 4 heterocycles. The Morgan fingerprint density at radius 3 is 2.28 bits per heavy atom. The average Bonchev–Trinajstić information content (AvgIpc) is 4.14. The van der Waals surface area contributed by atoms with Gasteiger partial charge in [0, 0.05) is 18.7 Å². The first-order valence-corrected chi connectivity index (χ1v) is 20.1. The van der Waals surface area contributed by atoms with Gasteiger partial charge >= 0.3 is 12.2 Å². The van der Waals surface area contributed by atoms with Crippen LogP contribution in [0.2, 0.25) is 0 Å². The van der Waals surface area contributed by atoms with Gasteiger partial charge in [0.2, 0.25) is 12.7 Å². The lowest BCUT2D eigenvalue weighted by molar-refractivity contribution is -0.134. The third-order valence-electron chi connectivity index (χ3n) is 10.9. The molecule has 0 aliphatic carbocycles. The van der Waals surface area contributed by atoms with E-state index in [1.165, 1.54) is 14.2 Å². The van der Waals surface area contributed by atoms with E-state index in [0.29, 0.717) is 41.8 Å². The number of aromatic nitrogens is 4. The Labute approximate surface area is 351 Å². The molecule has 61 heavy (non-hydrogen) atoms. The SMILES string of the molecule is CCCN(Cc1ncc(-c2ccc3cc(-c4ccc(-c5cnc([C@@H]6CCCN6C(=O)[C@H](NC(=O)OC)c6ccc7c(c6)OCO7)[nH]5)cc4)ccc3c2)[nH]1)C(=O)CNC(=O)OC. The fourth-order valence-corrected chi connectivity index (χ4v) is 7.79. The monoisotopic (exact) mass is 826 g/mol. The normalized spacial score (nSPS) is 14.7. The van der Waals surface area contributed by atoms with E-state index < -0.39 is 18.2 Å². The van der Waals surface area contributed by atoms with Crippen molar-refractivity contribution in [2.45, 2.75) is 44.8 Å². The third kappa shape index (κ3) is 8.83. The molecule has 2 atom stereocenters. The number of ether oxygens (including phenoxy) is 4. The summed E-state index contributed by atoms with van der Waals surface area (Å²) in [4.78, 5) is 70.2. The summed E-state index contributed by atoms with van der Waals surface area (Å²) in [6.07, 6.45) is 4.44. The molecule has 0 bridgehead atoms. The highest BCUT2D eigenvalue weighted by Gasteiger charge is 2.37. The number of nitrogens with zero attached hydrogens (tertiary/aromatic N) is 4. The molecule has 4 aromatic carbocycles. The molecule has 2 aromatic heterocycles. The maximum atomic E-state index is 14.1. The first kappa shape index (κ1) is 40.4. The Bertz CT molecular complexity index is 2570. The van der Waals surface area contributed by atoms with Crippen LogP contribution < -0.4 is 20.1 Å². The van der Waals surface area contributed by atoms with Crippen LogP contribution in [0, 0.1) is 0 Å². The van der Waals surface area contributed by atoms with Crippen LogP contribution in [0.4, 0.5) is 9.59 Å². The number of amides is 4. The molecule has 1 saturated heterocycles. The zero-order valence-corrected chi connectivity index (χ0v) is 34.0. The second-order valence-corrected chi connectivity index (χ2v) is 14.8. The molecular formula is C45H46N8O8. The number of aromatic amines is 2. The number of methoxy groups -OCH3 is 2. The van der Waals surface area contributed by atoms with E-state index in [9.17, 15) is 19.2 Å². The quantitative estimate of drug-likeness (QED) is 0.0955. The van der Waals surface area contributed by atoms with Gasteiger partial charge in [0.05, 0.1) is 50.6 Å². The predicted octanol–water partition coefficient (Wildman–Crippen LogP) is 6.87. The van der Waals surface area contributed by atoms with Crippen LogP contribution in [0.5, 0.6) is 11.5 Å². The van der Waals surface area contributed by atoms with E-state index in [2.05, 4.69) is 72.8 Å². The zero-order chi connectivity index (χ0) is 42.5. The van der Waals surface area contributed by atoms with Crippen molar-refractivity contribution in [1.29, 1.82) is 0 Å². The second-order valence-electron chi connectivity index (χ2n) is 14.8. The highest BCUT2D eigenvalue weighted by Crippen LogP contribution is 2.38. The minimum absolute atomic E-state index is 0.0922. The Morgan fingerprint density at radius 2 is 1.51 bits per heavy atom. The molecule has 2 aliphatic heterocycles. The minimum atomic E-state index is -0.997. The number of imidazole rings is 2. The van der Waals surface area contributed by atoms with Gasteiger partial charge in [0.1, 0.15) is 24.2 Å². The first-order chi connectivity index (χ1) is 29.7. The van der Waals surface area contributed by atoms with Crippen LogP contribution in [0.3, 0.4) is 0 Å². The van der Waals surface area contributed by atoms with E-state index in [0.717, 1.165) is 63.7 Å². The molecule has 314 valence electrons. The Hall–Kier alpha value is -7.36. The topological polar surface area (TPSA) is 193 Å². The summed E-state index contributed by atoms with van der Waals surface area (Å²) >= 11 is 0. The molecule has 0 unspecified atom stereocenters. The van der Waals surface area contributed by atoms with Crippen molar-refractivity contribution in [2.24, 2.45) is 0 Å². The number of benzene rings is 4. The van der Waals surface area contributed by atoms with Crippen molar-refractivity contribution in [2.75, 3.05) is 40.6 Å². The van der Waals surface area contributed by atoms with Crippen molar-refractivity contribution in [3.63, 3.8) is 0 Å². The smallest absolute Gasteiger partial charge is 0.407 e. The van der Waals surface area contributed by atoms with Gasteiger partial charge in [-0.3, -0.25) is 9.59 Å². The van der Waals surface area contributed by atoms with Gasteiger partial charge in [-0.1, -0.05) is 61.5 Å². The zero-order valence-electron chi connectivity index (χ0n) is 34.0. The van der Waals surface area contributed by atoms with Crippen LogP contribution in [-0.2, 0) is 25.6 Å². The van der Waals surface area contributed by atoms with Crippen molar-refractivity contribution in [3.8, 4) is 45.1 Å². The molecule has 4 N–H and O–H groups in total. The molecule has 16 heteroatoms. The highest BCUT2D eigenvalue weighted by molar-refractivity contribution is 5.91. The van der Waals surface area contributed by atoms with Crippen LogP contribution in [0.25, 0.3) is 44.4 Å². The van der Waals surface area contributed by atoms with E-state index in [1.54, 1.807) is 40.4 Å². The number of rotatable bonds is 13. The number of hydrogen-bond acceptors (Lipinski definition) is 10.